The molecule has 1 aliphatic heterocycles. The lowest BCUT2D eigenvalue weighted by atomic mass is 10.00. The van der Waals surface area contributed by atoms with Gasteiger partial charge in [0.1, 0.15) is 17.4 Å². The molecular weight excluding hydrogens is 477 g/mol. The van der Waals surface area contributed by atoms with Crippen LogP contribution in [-0.2, 0) is 16.3 Å². The van der Waals surface area contributed by atoms with Gasteiger partial charge >= 0.3 is 0 Å². The molecule has 0 bridgehead atoms. The first-order valence-electron chi connectivity index (χ1n) is 11.2. The van der Waals surface area contributed by atoms with Gasteiger partial charge in [0.15, 0.2) is 9.84 Å². The zero-order valence-corrected chi connectivity index (χ0v) is 20.8. The highest BCUT2D eigenvalue weighted by Gasteiger charge is 2.33. The van der Waals surface area contributed by atoms with Crippen molar-refractivity contribution in [2.75, 3.05) is 11.5 Å². The highest BCUT2D eigenvalue weighted by Crippen LogP contribution is 2.36. The molecule has 1 saturated heterocycles. The molecule has 178 valence electrons. The van der Waals surface area contributed by atoms with E-state index in [1.807, 2.05) is 45.0 Å². The Labute approximate surface area is 202 Å². The molecule has 0 aliphatic carbocycles. The topological polar surface area (TPSA) is 78.0 Å². The maximum Gasteiger partial charge on any atom is 0.152 e. The van der Waals surface area contributed by atoms with Crippen molar-refractivity contribution < 1.29 is 17.3 Å². The van der Waals surface area contributed by atoms with Crippen LogP contribution in [-0.4, -0.2) is 34.6 Å². The van der Waals surface area contributed by atoms with Crippen molar-refractivity contribution in [1.29, 1.82) is 0 Å². The summed E-state index contributed by atoms with van der Waals surface area (Å²) < 4.78 is 46.0. The van der Waals surface area contributed by atoms with Crippen LogP contribution in [0.1, 0.15) is 48.1 Å². The first-order chi connectivity index (χ1) is 16.1. The maximum absolute atomic E-state index is 14.0. The first kappa shape index (κ1) is 23.1. The molecule has 1 fully saturated rings. The third kappa shape index (κ3) is 4.14. The van der Waals surface area contributed by atoms with E-state index in [0.29, 0.717) is 12.8 Å². The molecule has 0 spiro atoms. The molecule has 4 aromatic rings. The zero-order valence-electron chi connectivity index (χ0n) is 19.2. The SMILES string of the molecule is Cc1noc(C)c1-c1ccc2c(c1)nc([C@H](C)Cc1ccc(Cl)c(F)c1)n2[C@H]1CCS(=O)(=O)C1. The van der Waals surface area contributed by atoms with Gasteiger partial charge in [-0.05, 0) is 62.1 Å². The summed E-state index contributed by atoms with van der Waals surface area (Å²) in [6.45, 7) is 5.81. The van der Waals surface area contributed by atoms with Gasteiger partial charge in [0.05, 0.1) is 39.3 Å². The standard InChI is InChI=1S/C25H25ClFN3O3S/c1-14(10-17-4-6-20(26)21(27)11-17)25-28-22-12-18(24-15(2)29-33-16(24)3)5-7-23(22)30(25)19-8-9-34(31,32)13-19/h4-7,11-12,14,19H,8-10,13H2,1-3H3/t14-,19+/m1/s1. The van der Waals surface area contributed by atoms with E-state index in [1.165, 1.54) is 6.07 Å². The molecule has 2 aromatic heterocycles. The summed E-state index contributed by atoms with van der Waals surface area (Å²) in [6.07, 6.45) is 1.10. The number of hydrogen-bond donors (Lipinski definition) is 0. The molecule has 0 radical (unpaired) electrons. The number of fused-ring (bicyclic) bond motifs is 1. The molecule has 2 atom stereocenters. The van der Waals surface area contributed by atoms with Crippen LogP contribution in [0.3, 0.4) is 0 Å². The van der Waals surface area contributed by atoms with Crippen LogP contribution < -0.4 is 0 Å². The zero-order chi connectivity index (χ0) is 24.2. The van der Waals surface area contributed by atoms with Gasteiger partial charge in [0, 0.05) is 11.5 Å². The Morgan fingerprint density at radius 3 is 2.68 bits per heavy atom. The molecular formula is C25H25ClFN3O3S. The van der Waals surface area contributed by atoms with Gasteiger partial charge in [-0.2, -0.15) is 0 Å². The number of imidazole rings is 1. The average Bonchev–Trinajstić information content (AvgIpc) is 3.44. The van der Waals surface area contributed by atoms with Gasteiger partial charge in [0.2, 0.25) is 0 Å². The second-order valence-electron chi connectivity index (χ2n) is 9.15. The summed E-state index contributed by atoms with van der Waals surface area (Å²) in [5.41, 5.74) is 5.17. The fourth-order valence-corrected chi connectivity index (χ4v) is 6.81. The first-order valence-corrected chi connectivity index (χ1v) is 13.4. The number of sulfone groups is 1. The second-order valence-corrected chi connectivity index (χ2v) is 11.8. The smallest absolute Gasteiger partial charge is 0.152 e. The van der Waals surface area contributed by atoms with Crippen molar-refractivity contribution in [1.82, 2.24) is 14.7 Å². The van der Waals surface area contributed by atoms with E-state index >= 15 is 0 Å². The summed E-state index contributed by atoms with van der Waals surface area (Å²) >= 11 is 5.85. The quantitative estimate of drug-likeness (QED) is 0.345. The monoisotopic (exact) mass is 501 g/mol. The van der Waals surface area contributed by atoms with Crippen molar-refractivity contribution >= 4 is 32.5 Å². The van der Waals surface area contributed by atoms with E-state index < -0.39 is 15.7 Å². The highest BCUT2D eigenvalue weighted by atomic mass is 35.5. The predicted molar refractivity (Wildman–Crippen MR) is 131 cm³/mol. The lowest BCUT2D eigenvalue weighted by Crippen LogP contribution is -2.16. The van der Waals surface area contributed by atoms with Gasteiger partial charge in [-0.25, -0.2) is 17.8 Å². The minimum absolute atomic E-state index is 0.0706. The Morgan fingerprint density at radius 2 is 2.03 bits per heavy atom. The van der Waals surface area contributed by atoms with Crippen LogP contribution >= 0.6 is 11.6 Å². The minimum Gasteiger partial charge on any atom is -0.361 e. The number of aromatic nitrogens is 3. The van der Waals surface area contributed by atoms with Crippen LogP contribution in [0.4, 0.5) is 4.39 Å². The van der Waals surface area contributed by atoms with Gasteiger partial charge in [-0.15, -0.1) is 0 Å². The molecule has 0 unspecified atom stereocenters. The van der Waals surface area contributed by atoms with Crippen LogP contribution in [0.2, 0.25) is 5.02 Å². The second kappa shape index (κ2) is 8.50. The van der Waals surface area contributed by atoms with E-state index in [2.05, 4.69) is 9.72 Å². The Morgan fingerprint density at radius 1 is 1.24 bits per heavy atom. The number of rotatable bonds is 5. The molecule has 1 aliphatic rings. The molecule has 6 nitrogen and oxygen atoms in total. The summed E-state index contributed by atoms with van der Waals surface area (Å²) in [7, 11) is -3.09. The number of halogens is 2. The van der Waals surface area contributed by atoms with Crippen LogP contribution in [0.25, 0.3) is 22.2 Å². The fraction of sp³-hybridized carbons (Fsp3) is 0.360. The van der Waals surface area contributed by atoms with E-state index in [-0.39, 0.29) is 28.5 Å². The summed E-state index contributed by atoms with van der Waals surface area (Å²) in [5, 5.41) is 4.14. The Balaban J connectivity index is 1.61. The molecule has 9 heteroatoms. The summed E-state index contributed by atoms with van der Waals surface area (Å²) in [6, 6.07) is 10.6. The normalized spacial score (nSPS) is 18.6. The van der Waals surface area contributed by atoms with Crippen molar-refractivity contribution in [2.24, 2.45) is 0 Å². The van der Waals surface area contributed by atoms with E-state index in [0.717, 1.165) is 45.0 Å². The molecule has 2 aromatic carbocycles. The minimum atomic E-state index is -3.09. The molecule has 5 rings (SSSR count). The van der Waals surface area contributed by atoms with Crippen molar-refractivity contribution in [3.8, 4) is 11.1 Å². The summed E-state index contributed by atoms with van der Waals surface area (Å²) in [5.74, 6) is 1.27. The van der Waals surface area contributed by atoms with Crippen LogP contribution in [0.5, 0.6) is 0 Å². The van der Waals surface area contributed by atoms with Gasteiger partial charge < -0.3 is 9.09 Å². The van der Waals surface area contributed by atoms with Crippen molar-refractivity contribution in [3.05, 3.63) is 70.1 Å². The molecule has 3 heterocycles. The summed E-state index contributed by atoms with van der Waals surface area (Å²) in [4.78, 5) is 4.97. The van der Waals surface area contributed by atoms with Crippen LogP contribution in [0.15, 0.2) is 40.9 Å². The Bertz CT molecular complexity index is 1490. The molecule has 34 heavy (non-hydrogen) atoms. The average molecular weight is 502 g/mol. The van der Waals surface area contributed by atoms with Crippen LogP contribution in [0, 0.1) is 19.7 Å². The van der Waals surface area contributed by atoms with E-state index in [1.54, 1.807) is 6.07 Å². The number of benzene rings is 2. The fourth-order valence-electron chi connectivity index (χ4n) is 4.99. The predicted octanol–water partition coefficient (Wildman–Crippen LogP) is 5.81. The van der Waals surface area contributed by atoms with Gasteiger partial charge in [-0.1, -0.05) is 35.8 Å². The molecule has 0 amide bonds. The third-order valence-electron chi connectivity index (χ3n) is 6.58. The van der Waals surface area contributed by atoms with Crippen molar-refractivity contribution in [2.45, 2.75) is 45.6 Å². The largest absolute Gasteiger partial charge is 0.361 e. The Kier molecular flexibility index (Phi) is 5.76. The van der Waals surface area contributed by atoms with Gasteiger partial charge in [-0.3, -0.25) is 0 Å². The molecule has 0 N–H and O–H groups in total. The number of hydrogen-bond acceptors (Lipinski definition) is 5. The van der Waals surface area contributed by atoms with Crippen molar-refractivity contribution in [3.63, 3.8) is 0 Å². The number of aryl methyl sites for hydroxylation is 2. The Hall–Kier alpha value is -2.71. The van der Waals surface area contributed by atoms with Gasteiger partial charge in [0.25, 0.3) is 0 Å². The number of nitrogens with zero attached hydrogens (tertiary/aromatic N) is 3. The molecule has 0 saturated carbocycles. The highest BCUT2D eigenvalue weighted by molar-refractivity contribution is 7.91. The third-order valence-corrected chi connectivity index (χ3v) is 8.64. The lowest BCUT2D eigenvalue weighted by molar-refractivity contribution is 0.393. The van der Waals surface area contributed by atoms with E-state index in [9.17, 15) is 12.8 Å². The maximum atomic E-state index is 14.0. The van der Waals surface area contributed by atoms with E-state index in [4.69, 9.17) is 21.1 Å². The lowest BCUT2D eigenvalue weighted by Gasteiger charge is -2.19.